The second-order valence-corrected chi connectivity index (χ2v) is 7.71. The van der Waals surface area contributed by atoms with E-state index in [1.165, 1.54) is 6.92 Å². The summed E-state index contributed by atoms with van der Waals surface area (Å²) in [4.78, 5) is 37.2. The van der Waals surface area contributed by atoms with Crippen molar-refractivity contribution in [3.05, 3.63) is 12.3 Å². The fraction of sp³-hybridized carbons (Fsp3) is 0.667. The van der Waals surface area contributed by atoms with Crippen molar-refractivity contribution in [1.82, 2.24) is 20.2 Å². The third kappa shape index (κ3) is 3.08. The molecule has 3 aliphatic heterocycles. The van der Waals surface area contributed by atoms with Gasteiger partial charge in [-0.05, 0) is 37.2 Å². The van der Waals surface area contributed by atoms with Crippen LogP contribution >= 0.6 is 0 Å². The van der Waals surface area contributed by atoms with Crippen LogP contribution in [0.25, 0.3) is 0 Å². The molecule has 3 saturated heterocycles. The van der Waals surface area contributed by atoms with E-state index in [2.05, 4.69) is 25.1 Å². The fourth-order valence-corrected chi connectivity index (χ4v) is 4.96. The van der Waals surface area contributed by atoms with Crippen LogP contribution in [0.4, 0.5) is 11.8 Å². The van der Waals surface area contributed by atoms with Crippen molar-refractivity contribution in [2.75, 3.05) is 30.3 Å². The predicted molar refractivity (Wildman–Crippen MR) is 97.2 cm³/mol. The summed E-state index contributed by atoms with van der Waals surface area (Å²) in [7, 11) is 0. The molecule has 3 fully saturated rings. The van der Waals surface area contributed by atoms with Gasteiger partial charge in [0.25, 0.3) is 0 Å². The Balaban J connectivity index is 1.61. The average molecular weight is 358 g/mol. The minimum atomic E-state index is -0.0556. The van der Waals surface area contributed by atoms with E-state index in [0.29, 0.717) is 36.6 Å². The molecule has 0 unspecified atom stereocenters. The van der Waals surface area contributed by atoms with Gasteiger partial charge in [0.2, 0.25) is 17.8 Å². The number of nitrogens with two attached hydrogens (primary N) is 1. The lowest BCUT2D eigenvalue weighted by molar-refractivity contribution is -0.149. The van der Waals surface area contributed by atoms with E-state index < -0.39 is 0 Å². The number of fused-ring (bicyclic) bond motifs is 4. The number of amides is 2. The summed E-state index contributed by atoms with van der Waals surface area (Å²) < 4.78 is 0. The number of aromatic nitrogens is 2. The Morgan fingerprint density at radius 3 is 2.96 bits per heavy atom. The normalized spacial score (nSPS) is 30.7. The lowest BCUT2D eigenvalue weighted by Crippen LogP contribution is -2.67. The molecule has 8 heteroatoms. The largest absolute Gasteiger partial charge is 0.384 e. The zero-order valence-electron chi connectivity index (χ0n) is 15.1. The van der Waals surface area contributed by atoms with E-state index in [-0.39, 0.29) is 23.9 Å². The molecule has 26 heavy (non-hydrogen) atoms. The molecule has 0 radical (unpaired) electrons. The lowest BCUT2D eigenvalue weighted by atomic mass is 9.72. The monoisotopic (exact) mass is 358 g/mol. The van der Waals surface area contributed by atoms with Crippen molar-refractivity contribution < 1.29 is 9.59 Å². The third-order valence-electron chi connectivity index (χ3n) is 6.00. The molecule has 0 saturated carbocycles. The topological polar surface area (TPSA) is 104 Å². The van der Waals surface area contributed by atoms with E-state index in [9.17, 15) is 9.59 Å². The van der Waals surface area contributed by atoms with Crippen molar-refractivity contribution in [3.63, 3.8) is 0 Å². The minimum absolute atomic E-state index is 0.0387. The molecule has 4 rings (SSSR count). The van der Waals surface area contributed by atoms with Crippen LogP contribution in [0.3, 0.4) is 0 Å². The molecule has 0 aliphatic carbocycles. The van der Waals surface area contributed by atoms with Gasteiger partial charge < -0.3 is 20.9 Å². The van der Waals surface area contributed by atoms with Gasteiger partial charge in [-0.1, -0.05) is 0 Å². The number of nitrogens with zero attached hydrogens (tertiary/aromatic N) is 4. The molecular formula is C18H26N6O2. The second kappa shape index (κ2) is 6.74. The van der Waals surface area contributed by atoms with Crippen LogP contribution in [-0.2, 0) is 9.59 Å². The summed E-state index contributed by atoms with van der Waals surface area (Å²) in [5, 5.41) is 2.93. The van der Waals surface area contributed by atoms with E-state index >= 15 is 0 Å². The number of hydrogen-bond donors (Lipinski definition) is 2. The molecule has 8 nitrogen and oxygen atoms in total. The number of hydrogen-bond acceptors (Lipinski definition) is 6. The van der Waals surface area contributed by atoms with Crippen LogP contribution in [0.2, 0.25) is 0 Å². The zero-order valence-corrected chi connectivity index (χ0v) is 15.1. The first-order valence-electron chi connectivity index (χ1n) is 9.42. The van der Waals surface area contributed by atoms with E-state index in [1.54, 1.807) is 12.3 Å². The van der Waals surface area contributed by atoms with Crippen LogP contribution in [0, 0.1) is 11.8 Å². The molecule has 0 spiro atoms. The highest BCUT2D eigenvalue weighted by molar-refractivity contribution is 5.78. The van der Waals surface area contributed by atoms with Gasteiger partial charge >= 0.3 is 0 Å². The van der Waals surface area contributed by atoms with Gasteiger partial charge in [0.05, 0.1) is 6.04 Å². The van der Waals surface area contributed by atoms with Gasteiger partial charge in [0, 0.05) is 45.2 Å². The van der Waals surface area contributed by atoms with Gasteiger partial charge in [0.15, 0.2) is 0 Å². The van der Waals surface area contributed by atoms with Crippen molar-refractivity contribution in [1.29, 1.82) is 0 Å². The Bertz CT molecular complexity index is 711. The van der Waals surface area contributed by atoms with Gasteiger partial charge in [-0.15, -0.1) is 0 Å². The Hall–Kier alpha value is -2.38. The van der Waals surface area contributed by atoms with Crippen LogP contribution in [0.15, 0.2) is 12.3 Å². The molecule has 1 aromatic heterocycles. The van der Waals surface area contributed by atoms with Crippen molar-refractivity contribution in [3.8, 4) is 0 Å². The molecule has 4 heterocycles. The number of anilines is 2. The summed E-state index contributed by atoms with van der Waals surface area (Å²) >= 11 is 0. The maximum Gasteiger partial charge on any atom is 0.227 e. The molecule has 4 atom stereocenters. The Kier molecular flexibility index (Phi) is 4.42. The lowest BCUT2D eigenvalue weighted by Gasteiger charge is -2.56. The summed E-state index contributed by atoms with van der Waals surface area (Å²) in [6.45, 7) is 3.66. The van der Waals surface area contributed by atoms with Crippen LogP contribution < -0.4 is 16.0 Å². The quantitative estimate of drug-likeness (QED) is 0.810. The minimum Gasteiger partial charge on any atom is -0.384 e. The van der Waals surface area contributed by atoms with Gasteiger partial charge in [-0.2, -0.15) is 4.98 Å². The Morgan fingerprint density at radius 2 is 2.19 bits per heavy atom. The van der Waals surface area contributed by atoms with Crippen molar-refractivity contribution in [2.24, 2.45) is 11.8 Å². The molecule has 3 aliphatic rings. The molecular weight excluding hydrogens is 332 g/mol. The highest BCUT2D eigenvalue weighted by atomic mass is 16.2. The van der Waals surface area contributed by atoms with Gasteiger partial charge in [-0.3, -0.25) is 9.59 Å². The number of rotatable bonds is 3. The summed E-state index contributed by atoms with van der Waals surface area (Å²) in [5.74, 6) is 2.02. The molecule has 2 amide bonds. The standard InChI is InChI=1S/C18H26N6O2/c1-11(25)21-8-15-13-7-12(14-3-2-4-17(26)24(14)15)9-23(10-13)18-20-6-5-16(19)22-18/h5-6,12-15H,2-4,7-10H2,1H3,(H,21,25)(H2,19,20,22)/t12-,13+,14+,15+/m1/s1. The third-order valence-corrected chi connectivity index (χ3v) is 6.00. The average Bonchev–Trinajstić information content (AvgIpc) is 2.62. The maximum atomic E-state index is 12.7. The van der Waals surface area contributed by atoms with Crippen LogP contribution in [0.5, 0.6) is 0 Å². The van der Waals surface area contributed by atoms with E-state index in [4.69, 9.17) is 5.73 Å². The van der Waals surface area contributed by atoms with Crippen molar-refractivity contribution >= 4 is 23.6 Å². The second-order valence-electron chi connectivity index (χ2n) is 7.71. The van der Waals surface area contributed by atoms with E-state index in [1.807, 2.05) is 0 Å². The van der Waals surface area contributed by atoms with E-state index in [0.717, 1.165) is 32.4 Å². The zero-order chi connectivity index (χ0) is 18.3. The molecule has 1 aromatic rings. The predicted octanol–water partition coefficient (Wildman–Crippen LogP) is 0.401. The first-order chi connectivity index (χ1) is 12.5. The fourth-order valence-electron chi connectivity index (χ4n) is 4.96. The van der Waals surface area contributed by atoms with Gasteiger partial charge in [0.1, 0.15) is 5.82 Å². The number of nitrogen functional groups attached to an aromatic ring is 1. The van der Waals surface area contributed by atoms with Crippen LogP contribution in [0.1, 0.15) is 32.6 Å². The number of carbonyl (C=O) groups excluding carboxylic acids is 2. The molecule has 2 bridgehead atoms. The Labute approximate surface area is 153 Å². The number of nitrogens with one attached hydrogen (secondary N) is 1. The van der Waals surface area contributed by atoms with Crippen molar-refractivity contribution in [2.45, 2.75) is 44.7 Å². The maximum absolute atomic E-state index is 12.7. The SMILES string of the molecule is CC(=O)NC[C@H]1[C@H]2C[C@H](CN(c3nccc(N)n3)C2)[C@@H]2CCCC(=O)N21. The molecule has 140 valence electrons. The summed E-state index contributed by atoms with van der Waals surface area (Å²) in [6, 6.07) is 1.97. The molecule has 0 aromatic carbocycles. The number of carbonyl (C=O) groups is 2. The van der Waals surface area contributed by atoms with Crippen LogP contribution in [-0.4, -0.2) is 58.4 Å². The Morgan fingerprint density at radius 1 is 1.38 bits per heavy atom. The summed E-state index contributed by atoms with van der Waals surface area (Å²) in [6.07, 6.45) is 5.37. The number of piperidine rings is 3. The highest BCUT2D eigenvalue weighted by Gasteiger charge is 2.49. The van der Waals surface area contributed by atoms with Gasteiger partial charge in [-0.25, -0.2) is 4.98 Å². The first kappa shape index (κ1) is 17.1. The summed E-state index contributed by atoms with van der Waals surface area (Å²) in [5.41, 5.74) is 5.84. The smallest absolute Gasteiger partial charge is 0.227 e. The molecule has 3 N–H and O–H groups in total. The highest BCUT2D eigenvalue weighted by Crippen LogP contribution is 2.42. The first-order valence-corrected chi connectivity index (χ1v) is 9.42.